The van der Waals surface area contributed by atoms with E-state index in [1.807, 2.05) is 30.3 Å². The van der Waals surface area contributed by atoms with Crippen molar-refractivity contribution in [2.45, 2.75) is 31.6 Å². The average molecular weight is 417 g/mol. The molecule has 1 aromatic heterocycles. The average Bonchev–Trinajstić information content (AvgIpc) is 3.17. The van der Waals surface area contributed by atoms with Crippen LogP contribution in [0, 0.1) is 0 Å². The number of unbranched alkanes of at least 4 members (excludes halogenated alkanes) is 1. The topological polar surface area (TPSA) is 139 Å². The Kier molecular flexibility index (Phi) is 9.13. The van der Waals surface area contributed by atoms with Crippen molar-refractivity contribution in [1.29, 1.82) is 0 Å². The van der Waals surface area contributed by atoms with Crippen LogP contribution in [0.15, 0.2) is 54.0 Å². The summed E-state index contributed by atoms with van der Waals surface area (Å²) in [5, 5.41) is 24.6. The molecule has 2 rings (SSSR count). The maximum Gasteiger partial charge on any atom is 0.236 e. The molecule has 8 nitrogen and oxygen atoms in total. The van der Waals surface area contributed by atoms with Gasteiger partial charge in [-0.1, -0.05) is 41.7 Å². The Morgan fingerprint density at radius 3 is 2.66 bits per heavy atom. The third-order valence-electron chi connectivity index (χ3n) is 4.27. The molecule has 0 saturated carbocycles. The first kappa shape index (κ1) is 22.4. The lowest BCUT2D eigenvalue weighted by Crippen LogP contribution is -2.23. The van der Waals surface area contributed by atoms with Crippen molar-refractivity contribution >= 4 is 22.4 Å². The summed E-state index contributed by atoms with van der Waals surface area (Å²) >= 11 is 1.34. The molecule has 0 aliphatic heterocycles. The summed E-state index contributed by atoms with van der Waals surface area (Å²) < 4.78 is 0. The van der Waals surface area contributed by atoms with Crippen molar-refractivity contribution in [3.8, 4) is 0 Å². The van der Waals surface area contributed by atoms with Gasteiger partial charge in [-0.25, -0.2) is 0 Å². The fourth-order valence-corrected chi connectivity index (χ4v) is 3.38. The van der Waals surface area contributed by atoms with Gasteiger partial charge in [-0.05, 0) is 37.0 Å². The second-order valence-electron chi connectivity index (χ2n) is 6.46. The molecule has 7 N–H and O–H groups in total. The first-order chi connectivity index (χ1) is 14.0. The van der Waals surface area contributed by atoms with Gasteiger partial charge in [0, 0.05) is 19.2 Å². The highest BCUT2D eigenvalue weighted by atomic mass is 32.1. The normalized spacial score (nSPS) is 13.2. The molecule has 0 aliphatic rings. The molecule has 0 aliphatic carbocycles. The van der Waals surface area contributed by atoms with Crippen LogP contribution in [0.2, 0.25) is 0 Å². The fourth-order valence-electron chi connectivity index (χ4n) is 2.59. The van der Waals surface area contributed by atoms with Gasteiger partial charge < -0.3 is 21.9 Å². The van der Waals surface area contributed by atoms with Gasteiger partial charge in [-0.15, -0.1) is 10.2 Å². The number of nitrogens with zero attached hydrogens (tertiary/aromatic N) is 2. The largest absolute Gasteiger partial charge is 0.402 e. The van der Waals surface area contributed by atoms with Gasteiger partial charge in [0.05, 0.1) is 18.3 Å². The number of hydrogen-bond acceptors (Lipinski definition) is 8. The first-order valence-corrected chi connectivity index (χ1v) is 10.2. The summed E-state index contributed by atoms with van der Waals surface area (Å²) in [5.74, 6) is -0.371. The second kappa shape index (κ2) is 11.8. The van der Waals surface area contributed by atoms with E-state index in [0.717, 1.165) is 42.0 Å². The predicted molar refractivity (Wildman–Crippen MR) is 116 cm³/mol. The van der Waals surface area contributed by atoms with Crippen molar-refractivity contribution in [2.24, 2.45) is 11.5 Å². The number of aromatic nitrogens is 2. The zero-order chi connectivity index (χ0) is 21.1. The van der Waals surface area contributed by atoms with Crippen molar-refractivity contribution < 1.29 is 9.90 Å². The van der Waals surface area contributed by atoms with Gasteiger partial charge in [-0.3, -0.25) is 10.1 Å². The van der Waals surface area contributed by atoms with Crippen LogP contribution in [0.3, 0.4) is 0 Å². The highest BCUT2D eigenvalue weighted by Crippen LogP contribution is 2.21. The molecule has 9 heteroatoms. The van der Waals surface area contributed by atoms with Crippen LogP contribution in [0.1, 0.15) is 35.8 Å². The molecule has 0 fully saturated rings. The van der Waals surface area contributed by atoms with Gasteiger partial charge in [0.15, 0.2) is 0 Å². The van der Waals surface area contributed by atoms with E-state index < -0.39 is 5.92 Å². The van der Waals surface area contributed by atoms with Crippen molar-refractivity contribution in [2.75, 3.05) is 19.0 Å². The van der Waals surface area contributed by atoms with E-state index in [-0.39, 0.29) is 12.5 Å². The lowest BCUT2D eigenvalue weighted by molar-refractivity contribution is -0.118. The standard InChI is InChI=1S/C20H28N6O2S/c1-23-17(22)12-11-15(21)9-5-6-10-18-25-26-20(29-18)24-19(28)16(13-27)14-7-3-2-4-8-14/h2-4,7-8,11-12,16,23,27H,5-6,9-10,13,21-22H2,1H3,(H,24,26,28)/b15-11-,17-12+. The van der Waals surface area contributed by atoms with Gasteiger partial charge in [0.2, 0.25) is 11.0 Å². The third-order valence-corrected chi connectivity index (χ3v) is 5.17. The van der Waals surface area contributed by atoms with E-state index in [4.69, 9.17) is 11.5 Å². The Balaban J connectivity index is 1.79. The number of anilines is 1. The Morgan fingerprint density at radius 1 is 1.21 bits per heavy atom. The molecule has 156 valence electrons. The Bertz CT molecular complexity index is 835. The van der Waals surface area contributed by atoms with Crippen LogP contribution in [0.25, 0.3) is 0 Å². The minimum Gasteiger partial charge on any atom is -0.402 e. The number of nitrogens with one attached hydrogen (secondary N) is 2. The number of carbonyl (C=O) groups is 1. The monoisotopic (exact) mass is 416 g/mol. The minimum atomic E-state index is -0.635. The summed E-state index contributed by atoms with van der Waals surface area (Å²) in [7, 11) is 1.75. The second-order valence-corrected chi connectivity index (χ2v) is 7.52. The lowest BCUT2D eigenvalue weighted by Gasteiger charge is -2.13. The maximum atomic E-state index is 12.4. The van der Waals surface area contributed by atoms with Crippen molar-refractivity contribution in [3.05, 3.63) is 64.6 Å². The molecule has 29 heavy (non-hydrogen) atoms. The van der Waals surface area contributed by atoms with E-state index in [2.05, 4.69) is 20.8 Å². The third kappa shape index (κ3) is 7.55. The number of aliphatic hydroxyl groups is 1. The molecule has 1 aromatic carbocycles. The van der Waals surface area contributed by atoms with E-state index in [0.29, 0.717) is 11.0 Å². The number of aryl methyl sites for hydroxylation is 1. The summed E-state index contributed by atoms with van der Waals surface area (Å²) in [6, 6.07) is 9.17. The number of rotatable bonds is 11. The lowest BCUT2D eigenvalue weighted by atomic mass is 9.99. The van der Waals surface area contributed by atoms with Crippen molar-refractivity contribution in [3.63, 3.8) is 0 Å². The number of amides is 1. The van der Waals surface area contributed by atoms with E-state index >= 15 is 0 Å². The molecular weight excluding hydrogens is 388 g/mol. The molecule has 1 heterocycles. The predicted octanol–water partition coefficient (Wildman–Crippen LogP) is 1.83. The number of benzene rings is 1. The quantitative estimate of drug-likeness (QED) is 0.278. The number of aliphatic hydroxyl groups excluding tert-OH is 1. The zero-order valence-electron chi connectivity index (χ0n) is 16.5. The number of carbonyl (C=O) groups excluding carboxylic acids is 1. The molecule has 0 saturated heterocycles. The molecule has 0 radical (unpaired) electrons. The van der Waals surface area contributed by atoms with Crippen LogP contribution in [-0.2, 0) is 11.2 Å². The Morgan fingerprint density at radius 2 is 1.97 bits per heavy atom. The van der Waals surface area contributed by atoms with E-state index in [1.165, 1.54) is 11.3 Å². The summed E-state index contributed by atoms with van der Waals surface area (Å²) in [6.07, 6.45) is 6.89. The molecule has 1 unspecified atom stereocenters. The van der Waals surface area contributed by atoms with Crippen LogP contribution in [0.4, 0.5) is 5.13 Å². The van der Waals surface area contributed by atoms with Crippen molar-refractivity contribution in [1.82, 2.24) is 15.5 Å². The molecule has 0 bridgehead atoms. The van der Waals surface area contributed by atoms with Crippen LogP contribution >= 0.6 is 11.3 Å². The van der Waals surface area contributed by atoms with Crippen LogP contribution < -0.4 is 22.1 Å². The smallest absolute Gasteiger partial charge is 0.236 e. The first-order valence-electron chi connectivity index (χ1n) is 9.42. The highest BCUT2D eigenvalue weighted by Gasteiger charge is 2.21. The number of hydrogen-bond donors (Lipinski definition) is 5. The fraction of sp³-hybridized carbons (Fsp3) is 0.350. The molecule has 0 spiro atoms. The van der Waals surface area contributed by atoms with Gasteiger partial charge >= 0.3 is 0 Å². The summed E-state index contributed by atoms with van der Waals surface area (Å²) in [5.41, 5.74) is 13.1. The van der Waals surface area contributed by atoms with Crippen LogP contribution in [-0.4, -0.2) is 34.9 Å². The van der Waals surface area contributed by atoms with E-state index in [9.17, 15) is 9.90 Å². The van der Waals surface area contributed by atoms with Gasteiger partial charge in [-0.2, -0.15) is 0 Å². The number of nitrogens with two attached hydrogens (primary N) is 2. The Labute approximate surface area is 174 Å². The molecular formula is C20H28N6O2S. The Hall–Kier alpha value is -2.91. The zero-order valence-corrected chi connectivity index (χ0v) is 17.3. The highest BCUT2D eigenvalue weighted by molar-refractivity contribution is 7.15. The molecule has 1 atom stereocenters. The summed E-state index contributed by atoms with van der Waals surface area (Å²) in [6.45, 7) is -0.272. The summed E-state index contributed by atoms with van der Waals surface area (Å²) in [4.78, 5) is 12.4. The molecule has 2 aromatic rings. The van der Waals surface area contributed by atoms with E-state index in [1.54, 1.807) is 19.2 Å². The van der Waals surface area contributed by atoms with Gasteiger partial charge in [0.25, 0.3) is 0 Å². The maximum absolute atomic E-state index is 12.4. The van der Waals surface area contributed by atoms with Crippen LogP contribution in [0.5, 0.6) is 0 Å². The minimum absolute atomic E-state index is 0.272. The van der Waals surface area contributed by atoms with Gasteiger partial charge in [0.1, 0.15) is 5.01 Å². The SMILES string of the molecule is CN/C(N)=C/C=C(\N)CCCCc1nnc(NC(=O)C(CO)c2ccccc2)s1. The number of allylic oxidation sites excluding steroid dienone is 3. The molecule has 1 amide bonds.